The topological polar surface area (TPSA) is 76.1 Å². The molecular formula is C19H18N4O2. The summed E-state index contributed by atoms with van der Waals surface area (Å²) in [5.41, 5.74) is 6.82. The molecule has 1 amide bonds. The summed E-state index contributed by atoms with van der Waals surface area (Å²) in [6.07, 6.45) is 2.55. The molecule has 25 heavy (non-hydrogen) atoms. The van der Waals surface area contributed by atoms with Crippen molar-refractivity contribution in [3.63, 3.8) is 0 Å². The Morgan fingerprint density at radius 1 is 1.16 bits per heavy atom. The fourth-order valence-electron chi connectivity index (χ4n) is 3.04. The Bertz CT molecular complexity index is 905. The molecule has 6 nitrogen and oxygen atoms in total. The molecule has 0 spiro atoms. The molecule has 2 atom stereocenters. The lowest BCUT2D eigenvalue weighted by molar-refractivity contribution is -0.121. The van der Waals surface area contributed by atoms with Gasteiger partial charge in [0, 0.05) is 16.7 Å². The molecule has 4 rings (SSSR count). The number of rotatable bonds is 5. The molecule has 0 saturated heterocycles. The summed E-state index contributed by atoms with van der Waals surface area (Å²) in [5.74, 6) is 1.57. The van der Waals surface area contributed by atoms with Crippen LogP contribution in [0.15, 0.2) is 54.7 Å². The third-order valence-corrected chi connectivity index (χ3v) is 4.55. The molecule has 126 valence electrons. The van der Waals surface area contributed by atoms with Crippen molar-refractivity contribution in [2.45, 2.75) is 12.3 Å². The monoisotopic (exact) mass is 334 g/mol. The Morgan fingerprint density at radius 2 is 1.96 bits per heavy atom. The SMILES string of the molecule is COc1ccc(C2CC2C(=O)NNc2nncc3ccccc23)cc1. The van der Waals surface area contributed by atoms with Crippen LogP contribution >= 0.6 is 0 Å². The van der Waals surface area contributed by atoms with Crippen LogP contribution in [0.25, 0.3) is 10.8 Å². The third-order valence-electron chi connectivity index (χ3n) is 4.55. The van der Waals surface area contributed by atoms with E-state index >= 15 is 0 Å². The molecule has 2 unspecified atom stereocenters. The Hall–Kier alpha value is -3.15. The number of hydrogen-bond donors (Lipinski definition) is 2. The highest BCUT2D eigenvalue weighted by Gasteiger charge is 2.44. The lowest BCUT2D eigenvalue weighted by atomic mass is 10.1. The fraction of sp³-hybridized carbons (Fsp3) is 0.211. The van der Waals surface area contributed by atoms with Gasteiger partial charge in [-0.15, -0.1) is 5.10 Å². The first-order valence-electron chi connectivity index (χ1n) is 8.16. The number of nitrogens with one attached hydrogen (secondary N) is 2. The van der Waals surface area contributed by atoms with Gasteiger partial charge in [0.05, 0.1) is 13.3 Å². The molecule has 1 aromatic heterocycles. The minimum atomic E-state index is -0.0319. The first-order valence-corrected chi connectivity index (χ1v) is 8.16. The Kier molecular flexibility index (Phi) is 3.93. The van der Waals surface area contributed by atoms with Gasteiger partial charge in [-0.05, 0) is 30.0 Å². The Labute approximate surface area is 145 Å². The van der Waals surface area contributed by atoms with Crippen LogP contribution in [0.4, 0.5) is 5.82 Å². The second-order valence-corrected chi connectivity index (χ2v) is 6.12. The molecular weight excluding hydrogens is 316 g/mol. The fourth-order valence-corrected chi connectivity index (χ4v) is 3.04. The molecule has 6 heteroatoms. The third kappa shape index (κ3) is 3.10. The number of amides is 1. The zero-order valence-electron chi connectivity index (χ0n) is 13.8. The van der Waals surface area contributed by atoms with Gasteiger partial charge in [-0.3, -0.25) is 15.6 Å². The summed E-state index contributed by atoms with van der Waals surface area (Å²) in [4.78, 5) is 12.4. The Morgan fingerprint density at radius 3 is 2.76 bits per heavy atom. The molecule has 0 bridgehead atoms. The van der Waals surface area contributed by atoms with Gasteiger partial charge in [0.1, 0.15) is 5.75 Å². The number of carbonyl (C=O) groups excluding carboxylic acids is 1. The maximum atomic E-state index is 12.4. The van der Waals surface area contributed by atoms with Gasteiger partial charge in [0.25, 0.3) is 0 Å². The van der Waals surface area contributed by atoms with E-state index in [0.717, 1.165) is 28.5 Å². The summed E-state index contributed by atoms with van der Waals surface area (Å²) in [6, 6.07) is 15.6. The van der Waals surface area contributed by atoms with E-state index in [1.165, 1.54) is 0 Å². The highest BCUT2D eigenvalue weighted by molar-refractivity contribution is 5.92. The van der Waals surface area contributed by atoms with Gasteiger partial charge in [0.2, 0.25) is 5.91 Å². The summed E-state index contributed by atoms with van der Waals surface area (Å²) in [6.45, 7) is 0. The number of benzene rings is 2. The van der Waals surface area contributed by atoms with E-state index in [2.05, 4.69) is 21.0 Å². The second kappa shape index (κ2) is 6.39. The molecule has 1 aliphatic carbocycles. The van der Waals surface area contributed by atoms with Crippen molar-refractivity contribution >= 4 is 22.5 Å². The van der Waals surface area contributed by atoms with Crippen LogP contribution in [0.2, 0.25) is 0 Å². The number of carbonyl (C=O) groups is 1. The first kappa shape index (κ1) is 15.4. The van der Waals surface area contributed by atoms with Crippen LogP contribution in [0.1, 0.15) is 17.9 Å². The van der Waals surface area contributed by atoms with Gasteiger partial charge in [-0.2, -0.15) is 5.10 Å². The van der Waals surface area contributed by atoms with Gasteiger partial charge in [-0.1, -0.05) is 36.4 Å². The van der Waals surface area contributed by atoms with Crippen molar-refractivity contribution in [3.05, 3.63) is 60.3 Å². The molecule has 1 fully saturated rings. The van der Waals surface area contributed by atoms with E-state index in [-0.39, 0.29) is 17.7 Å². The number of anilines is 1. The number of aromatic nitrogens is 2. The number of ether oxygens (including phenoxy) is 1. The molecule has 1 aliphatic rings. The molecule has 0 radical (unpaired) electrons. The number of methoxy groups -OCH3 is 1. The predicted molar refractivity (Wildman–Crippen MR) is 95.1 cm³/mol. The maximum Gasteiger partial charge on any atom is 0.242 e. The number of fused-ring (bicyclic) bond motifs is 1. The molecule has 1 heterocycles. The van der Waals surface area contributed by atoms with Gasteiger partial charge >= 0.3 is 0 Å². The minimum Gasteiger partial charge on any atom is -0.497 e. The van der Waals surface area contributed by atoms with Crippen LogP contribution in [0.3, 0.4) is 0 Å². The zero-order valence-corrected chi connectivity index (χ0v) is 13.8. The van der Waals surface area contributed by atoms with E-state index < -0.39 is 0 Å². The van der Waals surface area contributed by atoms with Crippen molar-refractivity contribution in [1.82, 2.24) is 15.6 Å². The van der Waals surface area contributed by atoms with Crippen molar-refractivity contribution in [3.8, 4) is 5.75 Å². The van der Waals surface area contributed by atoms with E-state index in [1.54, 1.807) is 13.3 Å². The predicted octanol–water partition coefficient (Wildman–Crippen LogP) is 2.89. The van der Waals surface area contributed by atoms with Crippen LogP contribution in [-0.4, -0.2) is 23.2 Å². The standard InChI is InChI=1S/C19H18N4O2/c1-25-14-8-6-12(7-9-14)16-10-17(16)19(24)23-22-18-15-5-3-2-4-13(15)11-20-21-18/h2-9,11,16-17H,10H2,1H3,(H,21,22)(H,23,24). The second-order valence-electron chi connectivity index (χ2n) is 6.12. The first-order chi connectivity index (χ1) is 12.3. The van der Waals surface area contributed by atoms with E-state index in [4.69, 9.17) is 4.74 Å². The molecule has 0 aliphatic heterocycles. The average molecular weight is 334 g/mol. The summed E-state index contributed by atoms with van der Waals surface area (Å²) in [7, 11) is 1.64. The van der Waals surface area contributed by atoms with Gasteiger partial charge in [-0.25, -0.2) is 0 Å². The highest BCUT2D eigenvalue weighted by atomic mass is 16.5. The average Bonchev–Trinajstić information content (AvgIpc) is 3.47. The summed E-state index contributed by atoms with van der Waals surface area (Å²) < 4.78 is 5.16. The normalized spacial score (nSPS) is 18.6. The number of nitrogens with zero attached hydrogens (tertiary/aromatic N) is 2. The smallest absolute Gasteiger partial charge is 0.242 e. The number of hydrogen-bond acceptors (Lipinski definition) is 5. The van der Waals surface area contributed by atoms with Crippen LogP contribution < -0.4 is 15.6 Å². The lowest BCUT2D eigenvalue weighted by Gasteiger charge is -2.09. The van der Waals surface area contributed by atoms with Crippen LogP contribution in [0, 0.1) is 5.92 Å². The molecule has 3 aromatic rings. The van der Waals surface area contributed by atoms with E-state index in [9.17, 15) is 4.79 Å². The van der Waals surface area contributed by atoms with Crippen molar-refractivity contribution in [2.75, 3.05) is 12.5 Å². The van der Waals surface area contributed by atoms with Gasteiger partial charge in [0.15, 0.2) is 5.82 Å². The van der Waals surface area contributed by atoms with Gasteiger partial charge < -0.3 is 4.74 Å². The summed E-state index contributed by atoms with van der Waals surface area (Å²) in [5, 5.41) is 9.91. The van der Waals surface area contributed by atoms with E-state index in [1.807, 2.05) is 48.5 Å². The Balaban J connectivity index is 1.39. The largest absolute Gasteiger partial charge is 0.497 e. The number of hydrazine groups is 1. The van der Waals surface area contributed by atoms with Crippen molar-refractivity contribution in [2.24, 2.45) is 5.92 Å². The molecule has 2 aromatic carbocycles. The minimum absolute atomic E-state index is 0.0242. The van der Waals surface area contributed by atoms with Crippen LogP contribution in [0.5, 0.6) is 5.75 Å². The van der Waals surface area contributed by atoms with Crippen molar-refractivity contribution in [1.29, 1.82) is 0 Å². The zero-order chi connectivity index (χ0) is 17.2. The van der Waals surface area contributed by atoms with Crippen molar-refractivity contribution < 1.29 is 9.53 Å². The summed E-state index contributed by atoms with van der Waals surface area (Å²) >= 11 is 0. The highest BCUT2D eigenvalue weighted by Crippen LogP contribution is 2.47. The molecule has 2 N–H and O–H groups in total. The quantitative estimate of drug-likeness (QED) is 0.702. The van der Waals surface area contributed by atoms with E-state index in [0.29, 0.717) is 5.82 Å². The van der Waals surface area contributed by atoms with Crippen LogP contribution in [-0.2, 0) is 4.79 Å². The molecule has 1 saturated carbocycles. The lowest BCUT2D eigenvalue weighted by Crippen LogP contribution is -2.31. The maximum absolute atomic E-state index is 12.4.